The number of pyridine rings is 2. The molecule has 0 aromatic carbocycles. The van der Waals surface area contributed by atoms with E-state index >= 15 is 0 Å². The third kappa shape index (κ3) is 4.75. The largest absolute Gasteiger partial charge is 0.381 e. The van der Waals surface area contributed by atoms with Crippen molar-refractivity contribution < 1.29 is 9.53 Å². The van der Waals surface area contributed by atoms with Gasteiger partial charge in [-0.15, -0.1) is 0 Å². The molecule has 2 aromatic rings. The van der Waals surface area contributed by atoms with Gasteiger partial charge in [0.25, 0.3) is 5.91 Å². The molecule has 0 bridgehead atoms. The van der Waals surface area contributed by atoms with Gasteiger partial charge >= 0.3 is 0 Å². The van der Waals surface area contributed by atoms with E-state index in [0.29, 0.717) is 17.5 Å². The highest BCUT2D eigenvalue weighted by Crippen LogP contribution is 2.30. The van der Waals surface area contributed by atoms with E-state index in [2.05, 4.69) is 20.2 Å². The van der Waals surface area contributed by atoms with Crippen LogP contribution in [0.5, 0.6) is 0 Å². The van der Waals surface area contributed by atoms with Crippen LogP contribution in [-0.4, -0.2) is 53.6 Å². The van der Waals surface area contributed by atoms with Crippen LogP contribution >= 0.6 is 0 Å². The van der Waals surface area contributed by atoms with E-state index in [-0.39, 0.29) is 11.9 Å². The molecule has 148 valence electrons. The van der Waals surface area contributed by atoms with Gasteiger partial charge in [0.1, 0.15) is 5.69 Å². The SMILES string of the molecule is O=C(N[C@H](c1ccccn1)[C@H]1CCCN(C[C@H]2CCOC2)C1)c1ccccn1. The second-order valence-corrected chi connectivity index (χ2v) is 7.81. The van der Waals surface area contributed by atoms with Crippen molar-refractivity contribution in [2.24, 2.45) is 11.8 Å². The van der Waals surface area contributed by atoms with E-state index in [1.54, 1.807) is 18.5 Å². The van der Waals surface area contributed by atoms with E-state index in [0.717, 1.165) is 57.8 Å². The van der Waals surface area contributed by atoms with Gasteiger partial charge in [0, 0.05) is 32.1 Å². The molecule has 2 saturated heterocycles. The third-order valence-electron chi connectivity index (χ3n) is 5.74. The Labute approximate surface area is 166 Å². The van der Waals surface area contributed by atoms with Crippen molar-refractivity contribution >= 4 is 5.91 Å². The topological polar surface area (TPSA) is 67.4 Å². The maximum atomic E-state index is 12.8. The Morgan fingerprint density at radius 2 is 2.04 bits per heavy atom. The number of ether oxygens (including phenoxy) is 1. The molecule has 2 aromatic heterocycles. The molecule has 2 fully saturated rings. The Hall–Kier alpha value is -2.31. The smallest absolute Gasteiger partial charge is 0.270 e. The molecule has 4 rings (SSSR count). The first-order chi connectivity index (χ1) is 13.8. The van der Waals surface area contributed by atoms with Crippen LogP contribution in [0.1, 0.15) is 41.5 Å². The lowest BCUT2D eigenvalue weighted by atomic mass is 9.87. The number of amides is 1. The number of hydrogen-bond acceptors (Lipinski definition) is 5. The Kier molecular flexibility index (Phi) is 6.29. The van der Waals surface area contributed by atoms with Gasteiger partial charge in [-0.25, -0.2) is 0 Å². The Bertz CT molecular complexity index is 750. The Morgan fingerprint density at radius 1 is 1.18 bits per heavy atom. The predicted molar refractivity (Wildman–Crippen MR) is 107 cm³/mol. The van der Waals surface area contributed by atoms with Gasteiger partial charge in [-0.1, -0.05) is 12.1 Å². The molecule has 0 spiro atoms. The van der Waals surface area contributed by atoms with Crippen LogP contribution in [0.2, 0.25) is 0 Å². The minimum atomic E-state index is -0.141. The van der Waals surface area contributed by atoms with E-state index < -0.39 is 0 Å². The van der Waals surface area contributed by atoms with Crippen LogP contribution < -0.4 is 5.32 Å². The van der Waals surface area contributed by atoms with Crippen LogP contribution in [0.4, 0.5) is 0 Å². The zero-order valence-electron chi connectivity index (χ0n) is 16.2. The van der Waals surface area contributed by atoms with Crippen LogP contribution in [-0.2, 0) is 4.74 Å². The second-order valence-electron chi connectivity index (χ2n) is 7.81. The molecule has 2 aliphatic rings. The number of nitrogens with zero attached hydrogens (tertiary/aromatic N) is 3. The molecule has 0 saturated carbocycles. The lowest BCUT2D eigenvalue weighted by Crippen LogP contribution is -2.44. The van der Waals surface area contributed by atoms with Gasteiger partial charge in [-0.05, 0) is 61.9 Å². The lowest BCUT2D eigenvalue weighted by molar-refractivity contribution is 0.0856. The summed E-state index contributed by atoms with van der Waals surface area (Å²) in [5.74, 6) is 0.825. The summed E-state index contributed by atoms with van der Waals surface area (Å²) in [7, 11) is 0. The normalized spacial score (nSPS) is 24.0. The zero-order valence-corrected chi connectivity index (χ0v) is 16.2. The van der Waals surface area contributed by atoms with E-state index in [4.69, 9.17) is 4.74 Å². The fourth-order valence-electron chi connectivity index (χ4n) is 4.33. The number of nitrogens with one attached hydrogen (secondary N) is 1. The summed E-state index contributed by atoms with van der Waals surface area (Å²) in [4.78, 5) is 24.1. The van der Waals surface area contributed by atoms with Crippen LogP contribution in [0.15, 0.2) is 48.8 Å². The first-order valence-corrected chi connectivity index (χ1v) is 10.2. The highest BCUT2D eigenvalue weighted by atomic mass is 16.5. The summed E-state index contributed by atoms with van der Waals surface area (Å²) >= 11 is 0. The molecular weight excluding hydrogens is 352 g/mol. The summed E-state index contributed by atoms with van der Waals surface area (Å²) in [5.41, 5.74) is 1.36. The van der Waals surface area contributed by atoms with Crippen molar-refractivity contribution in [1.29, 1.82) is 0 Å². The molecule has 0 aliphatic carbocycles. The monoisotopic (exact) mass is 380 g/mol. The number of likely N-dealkylation sites (tertiary alicyclic amines) is 1. The average molecular weight is 380 g/mol. The zero-order chi connectivity index (χ0) is 19.2. The van der Waals surface area contributed by atoms with Crippen molar-refractivity contribution in [3.05, 3.63) is 60.2 Å². The van der Waals surface area contributed by atoms with Crippen molar-refractivity contribution in [3.63, 3.8) is 0 Å². The second kappa shape index (κ2) is 9.26. The Balaban J connectivity index is 1.49. The number of hydrogen-bond donors (Lipinski definition) is 1. The maximum Gasteiger partial charge on any atom is 0.270 e. The molecule has 3 atom stereocenters. The number of rotatable bonds is 6. The van der Waals surface area contributed by atoms with Crippen molar-refractivity contribution in [3.8, 4) is 0 Å². The summed E-state index contributed by atoms with van der Waals surface area (Å²) in [6.45, 7) is 4.94. The first-order valence-electron chi connectivity index (χ1n) is 10.2. The third-order valence-corrected chi connectivity index (χ3v) is 5.74. The van der Waals surface area contributed by atoms with Gasteiger partial charge in [-0.2, -0.15) is 0 Å². The van der Waals surface area contributed by atoms with Crippen LogP contribution in [0.25, 0.3) is 0 Å². The molecular formula is C22H28N4O2. The predicted octanol–water partition coefficient (Wildman–Crippen LogP) is 2.70. The van der Waals surface area contributed by atoms with Crippen molar-refractivity contribution in [2.75, 3.05) is 32.8 Å². The summed E-state index contributed by atoms with van der Waals surface area (Å²) < 4.78 is 5.54. The van der Waals surface area contributed by atoms with Gasteiger partial charge < -0.3 is 15.0 Å². The highest BCUT2D eigenvalue weighted by molar-refractivity contribution is 5.92. The van der Waals surface area contributed by atoms with Gasteiger partial charge in [0.05, 0.1) is 18.3 Å². The first kappa shape index (κ1) is 19.0. The van der Waals surface area contributed by atoms with Gasteiger partial charge in [0.2, 0.25) is 0 Å². The molecule has 0 unspecified atom stereocenters. The van der Waals surface area contributed by atoms with Crippen LogP contribution in [0.3, 0.4) is 0 Å². The number of piperidine rings is 1. The molecule has 6 heteroatoms. The minimum absolute atomic E-state index is 0.113. The highest BCUT2D eigenvalue weighted by Gasteiger charge is 2.32. The fraction of sp³-hybridized carbons (Fsp3) is 0.500. The average Bonchev–Trinajstić information content (AvgIpc) is 3.26. The number of carbonyl (C=O) groups excluding carboxylic acids is 1. The molecule has 4 heterocycles. The molecule has 6 nitrogen and oxygen atoms in total. The molecule has 1 amide bonds. The van der Waals surface area contributed by atoms with Crippen LogP contribution in [0, 0.1) is 11.8 Å². The fourth-order valence-corrected chi connectivity index (χ4v) is 4.33. The molecule has 2 aliphatic heterocycles. The van der Waals surface area contributed by atoms with Crippen molar-refractivity contribution in [1.82, 2.24) is 20.2 Å². The molecule has 0 radical (unpaired) electrons. The number of carbonyl (C=O) groups is 1. The van der Waals surface area contributed by atoms with Crippen molar-refractivity contribution in [2.45, 2.75) is 25.3 Å². The van der Waals surface area contributed by atoms with Gasteiger partial charge in [-0.3, -0.25) is 14.8 Å². The van der Waals surface area contributed by atoms with E-state index in [9.17, 15) is 4.79 Å². The summed E-state index contributed by atoms with van der Waals surface area (Å²) in [6.07, 6.45) is 6.83. The maximum absolute atomic E-state index is 12.8. The lowest BCUT2D eigenvalue weighted by Gasteiger charge is -2.38. The van der Waals surface area contributed by atoms with E-state index in [1.807, 2.05) is 30.3 Å². The minimum Gasteiger partial charge on any atom is -0.381 e. The molecule has 28 heavy (non-hydrogen) atoms. The van der Waals surface area contributed by atoms with Gasteiger partial charge in [0.15, 0.2) is 0 Å². The summed E-state index contributed by atoms with van der Waals surface area (Å²) in [6, 6.07) is 11.2. The standard InChI is InChI=1S/C22H28N4O2/c27-22(20-8-2-4-11-24-20)25-21(19-7-1-3-10-23-19)18-6-5-12-26(15-18)14-17-9-13-28-16-17/h1-4,7-8,10-11,17-18,21H,5-6,9,12-16H2,(H,25,27)/t17-,18+,21+/m1/s1. The summed E-state index contributed by atoms with van der Waals surface area (Å²) in [5, 5.41) is 3.22. The quantitative estimate of drug-likeness (QED) is 0.835. The van der Waals surface area contributed by atoms with E-state index in [1.165, 1.54) is 0 Å². The number of aromatic nitrogens is 2. The Morgan fingerprint density at radius 3 is 2.75 bits per heavy atom. The molecule has 1 N–H and O–H groups in total.